The van der Waals surface area contributed by atoms with Gasteiger partial charge < -0.3 is 14.7 Å². The maximum atomic E-state index is 14.2. The van der Waals surface area contributed by atoms with Crippen LogP contribution in [0.1, 0.15) is 33.9 Å². The van der Waals surface area contributed by atoms with Crippen LogP contribution in [0.5, 0.6) is 5.75 Å². The molecule has 1 unspecified atom stereocenters. The van der Waals surface area contributed by atoms with Gasteiger partial charge in [0.15, 0.2) is 4.34 Å². The summed E-state index contributed by atoms with van der Waals surface area (Å²) in [7, 11) is 3.83. The van der Waals surface area contributed by atoms with Gasteiger partial charge in [0.2, 0.25) is 5.13 Å². The highest BCUT2D eigenvalue weighted by molar-refractivity contribution is 8.00. The van der Waals surface area contributed by atoms with Crippen molar-refractivity contribution in [2.45, 2.75) is 29.7 Å². The van der Waals surface area contributed by atoms with Gasteiger partial charge in [-0.1, -0.05) is 83.3 Å². The van der Waals surface area contributed by atoms with E-state index in [1.54, 1.807) is 42.5 Å². The number of amides is 1. The van der Waals surface area contributed by atoms with Crippen LogP contribution in [0.25, 0.3) is 5.76 Å². The van der Waals surface area contributed by atoms with E-state index in [0.717, 1.165) is 28.2 Å². The van der Waals surface area contributed by atoms with Gasteiger partial charge in [0.1, 0.15) is 23.9 Å². The van der Waals surface area contributed by atoms with Crippen LogP contribution < -0.4 is 14.5 Å². The molecule has 0 spiro atoms. The second-order valence-electron chi connectivity index (χ2n) is 11.2. The van der Waals surface area contributed by atoms with Crippen LogP contribution in [0.4, 0.5) is 15.2 Å². The Kier molecular flexibility index (Phi) is 9.37. The van der Waals surface area contributed by atoms with Crippen LogP contribution in [0.15, 0.2) is 107 Å². The smallest absolute Gasteiger partial charge is 0.301 e. The van der Waals surface area contributed by atoms with Gasteiger partial charge in [-0.25, -0.2) is 4.39 Å². The molecule has 0 saturated carbocycles. The van der Waals surface area contributed by atoms with Crippen LogP contribution in [0, 0.1) is 12.7 Å². The molecule has 1 saturated heterocycles. The van der Waals surface area contributed by atoms with Gasteiger partial charge in [-0.2, -0.15) is 0 Å². The van der Waals surface area contributed by atoms with Crippen LogP contribution in [-0.2, 0) is 21.9 Å². The number of aryl methyl sites for hydroxylation is 1. The molecule has 0 aliphatic carbocycles. The van der Waals surface area contributed by atoms with E-state index < -0.39 is 17.7 Å². The van der Waals surface area contributed by atoms with Crippen molar-refractivity contribution in [1.29, 1.82) is 0 Å². The molecule has 1 aliphatic rings. The second kappa shape index (κ2) is 13.8. The fourth-order valence-corrected chi connectivity index (χ4v) is 7.10. The number of aromatic nitrogens is 2. The number of hydrogen-bond acceptors (Lipinski definition) is 9. The standard InChI is InChI=1S/C36H31FN4O4S2/c1-22-7-6-8-23(19-22)20-45-28-17-13-25(14-18-28)32(42)30-31(24-11-15-27(16-12-24)40(2)3)41(34(44)33(30)43)35-38-39-36(47-35)46-21-26-9-4-5-10-29(26)37/h4-19,31,42H,20-21H2,1-3H3/b32-30+. The van der Waals surface area contributed by atoms with Crippen molar-refractivity contribution in [3.8, 4) is 5.75 Å². The molecule has 11 heteroatoms. The molecule has 1 atom stereocenters. The van der Waals surface area contributed by atoms with E-state index in [9.17, 15) is 19.1 Å². The lowest BCUT2D eigenvalue weighted by Gasteiger charge is -2.23. The normalized spacial score (nSPS) is 15.7. The number of aliphatic hydroxyl groups excluding tert-OH is 1. The quantitative estimate of drug-likeness (QED) is 0.0537. The summed E-state index contributed by atoms with van der Waals surface area (Å²) in [5, 5.41) is 20.2. The largest absolute Gasteiger partial charge is 0.507 e. The Hall–Kier alpha value is -5.00. The minimum atomic E-state index is -0.958. The number of Topliss-reactive ketones (excluding diaryl/α,β-unsaturated/α-hetero) is 1. The second-order valence-corrected chi connectivity index (χ2v) is 13.4. The van der Waals surface area contributed by atoms with Crippen molar-refractivity contribution in [3.63, 3.8) is 0 Å². The molecule has 1 aromatic heterocycles. The van der Waals surface area contributed by atoms with E-state index in [-0.39, 0.29) is 22.3 Å². The van der Waals surface area contributed by atoms with E-state index in [2.05, 4.69) is 10.2 Å². The molecule has 1 fully saturated rings. The number of thioether (sulfide) groups is 1. The zero-order valence-corrected chi connectivity index (χ0v) is 27.5. The van der Waals surface area contributed by atoms with Crippen LogP contribution >= 0.6 is 23.1 Å². The topological polar surface area (TPSA) is 95.9 Å². The first-order valence-electron chi connectivity index (χ1n) is 14.8. The molecule has 8 nitrogen and oxygen atoms in total. The van der Waals surface area contributed by atoms with Crippen molar-refractivity contribution < 1.29 is 23.8 Å². The predicted molar refractivity (Wildman–Crippen MR) is 183 cm³/mol. The summed E-state index contributed by atoms with van der Waals surface area (Å²) < 4.78 is 20.6. The van der Waals surface area contributed by atoms with Gasteiger partial charge in [0, 0.05) is 31.1 Å². The molecule has 5 aromatic rings. The average molecular weight is 667 g/mol. The summed E-state index contributed by atoms with van der Waals surface area (Å²) >= 11 is 2.41. The number of carbonyl (C=O) groups excluding carboxylic acids is 2. The molecular weight excluding hydrogens is 636 g/mol. The zero-order chi connectivity index (χ0) is 33.1. The number of anilines is 2. The number of nitrogens with zero attached hydrogens (tertiary/aromatic N) is 4. The van der Waals surface area contributed by atoms with E-state index >= 15 is 0 Å². The molecule has 1 N–H and O–H groups in total. The van der Waals surface area contributed by atoms with E-state index in [1.807, 2.05) is 74.4 Å². The lowest BCUT2D eigenvalue weighted by Crippen LogP contribution is -2.29. The molecule has 0 bridgehead atoms. The predicted octanol–water partition coefficient (Wildman–Crippen LogP) is 7.55. The summed E-state index contributed by atoms with van der Waals surface area (Å²) in [6, 6.07) is 27.7. The van der Waals surface area contributed by atoms with Crippen LogP contribution in [0.2, 0.25) is 0 Å². The molecule has 6 rings (SSSR count). The Labute approximate surface area is 280 Å². The minimum absolute atomic E-state index is 0.0585. The van der Waals surface area contributed by atoms with Crippen molar-refractivity contribution in [1.82, 2.24) is 10.2 Å². The molecule has 1 amide bonds. The molecule has 1 aliphatic heterocycles. The van der Waals surface area contributed by atoms with Crippen LogP contribution in [-0.4, -0.2) is 41.1 Å². The molecule has 4 aromatic carbocycles. The Morgan fingerprint density at radius 3 is 2.43 bits per heavy atom. The third-order valence-corrected chi connectivity index (χ3v) is 9.80. The molecule has 0 radical (unpaired) electrons. The third-order valence-electron chi connectivity index (χ3n) is 7.70. The van der Waals surface area contributed by atoms with E-state index in [4.69, 9.17) is 4.74 Å². The monoisotopic (exact) mass is 666 g/mol. The summed E-state index contributed by atoms with van der Waals surface area (Å²) in [5.74, 6) is -1.37. The SMILES string of the molecule is Cc1cccc(COc2ccc(/C(O)=C3\C(=O)C(=O)N(c4nnc(SCc5ccccc5F)s4)C3c3ccc(N(C)C)cc3)cc2)c1. The number of ketones is 1. The van der Waals surface area contributed by atoms with Crippen molar-refractivity contribution in [2.75, 3.05) is 23.9 Å². The number of halogens is 1. The number of rotatable bonds is 10. The highest BCUT2D eigenvalue weighted by Crippen LogP contribution is 2.44. The zero-order valence-electron chi connectivity index (χ0n) is 25.9. The van der Waals surface area contributed by atoms with Gasteiger partial charge in [0.25, 0.3) is 5.78 Å². The summed E-state index contributed by atoms with van der Waals surface area (Å²) in [4.78, 5) is 30.5. The highest BCUT2D eigenvalue weighted by Gasteiger charge is 2.48. The summed E-state index contributed by atoms with van der Waals surface area (Å²) in [6.45, 7) is 2.40. The van der Waals surface area contributed by atoms with Crippen molar-refractivity contribution >= 4 is 51.4 Å². The highest BCUT2D eigenvalue weighted by atomic mass is 32.2. The maximum absolute atomic E-state index is 14.2. The fourth-order valence-electron chi connectivity index (χ4n) is 5.25. The van der Waals surface area contributed by atoms with Gasteiger partial charge in [-0.05, 0) is 66.1 Å². The van der Waals surface area contributed by atoms with E-state index in [0.29, 0.717) is 39.1 Å². The lowest BCUT2D eigenvalue weighted by molar-refractivity contribution is -0.132. The lowest BCUT2D eigenvalue weighted by atomic mass is 9.95. The average Bonchev–Trinajstić information content (AvgIpc) is 3.65. The van der Waals surface area contributed by atoms with Crippen molar-refractivity contribution in [3.05, 3.63) is 136 Å². The number of benzene rings is 4. The van der Waals surface area contributed by atoms with Gasteiger partial charge in [-0.15, -0.1) is 10.2 Å². The number of carbonyl (C=O) groups is 2. The number of aliphatic hydroxyl groups is 1. The van der Waals surface area contributed by atoms with Crippen LogP contribution in [0.3, 0.4) is 0 Å². The van der Waals surface area contributed by atoms with Gasteiger partial charge >= 0.3 is 5.91 Å². The molecule has 47 heavy (non-hydrogen) atoms. The Bertz CT molecular complexity index is 1960. The summed E-state index contributed by atoms with van der Waals surface area (Å²) in [6.07, 6.45) is 0. The minimum Gasteiger partial charge on any atom is -0.507 e. The third kappa shape index (κ3) is 6.91. The van der Waals surface area contributed by atoms with Gasteiger partial charge in [0.05, 0.1) is 11.6 Å². The summed E-state index contributed by atoms with van der Waals surface area (Å²) in [5.41, 5.74) is 4.53. The Morgan fingerprint density at radius 2 is 1.72 bits per heavy atom. The first-order valence-corrected chi connectivity index (χ1v) is 16.6. The Morgan fingerprint density at radius 1 is 0.979 bits per heavy atom. The molecule has 238 valence electrons. The number of hydrogen-bond donors (Lipinski definition) is 1. The van der Waals surface area contributed by atoms with Crippen molar-refractivity contribution in [2.24, 2.45) is 0 Å². The molecular formula is C36H31FN4O4S2. The number of ether oxygens (including phenoxy) is 1. The maximum Gasteiger partial charge on any atom is 0.301 e. The Balaban J connectivity index is 1.31. The fraction of sp³-hybridized carbons (Fsp3) is 0.167. The molecule has 2 heterocycles. The van der Waals surface area contributed by atoms with Gasteiger partial charge in [-0.3, -0.25) is 14.5 Å². The van der Waals surface area contributed by atoms with E-state index in [1.165, 1.54) is 22.7 Å². The first kappa shape index (κ1) is 32.0. The first-order chi connectivity index (χ1) is 22.7.